The second-order valence-electron chi connectivity index (χ2n) is 4.09. The zero-order valence-corrected chi connectivity index (χ0v) is 11.8. The van der Waals surface area contributed by atoms with Crippen molar-refractivity contribution >= 4 is 21.7 Å². The Morgan fingerprint density at radius 2 is 2.14 bits per heavy atom. The van der Waals surface area contributed by atoms with E-state index in [1.165, 1.54) is 16.9 Å². The van der Waals surface area contributed by atoms with Crippen LogP contribution in [0.3, 0.4) is 0 Å². The van der Waals surface area contributed by atoms with Crippen LogP contribution in [0.5, 0.6) is 0 Å². The number of aryl methyl sites for hydroxylation is 1. The smallest absolute Gasteiger partial charge is 0.335 e. The maximum absolute atomic E-state index is 13.8. The van der Waals surface area contributed by atoms with Crippen LogP contribution in [0.2, 0.25) is 0 Å². The number of nitrogens with one attached hydrogen (secondary N) is 1. The molecule has 1 aromatic carbocycles. The predicted octanol–water partition coefficient (Wildman–Crippen LogP) is 1.54. The molecule has 2 aromatic rings. The SMILES string of the molecule is CCn1nccc1S(=O)(=O)Nc1ccc(C(=O)O)cc1F. The molecule has 7 nitrogen and oxygen atoms in total. The average molecular weight is 313 g/mol. The Kier molecular flexibility index (Phi) is 3.94. The monoisotopic (exact) mass is 313 g/mol. The van der Waals surface area contributed by atoms with Crippen LogP contribution in [0.1, 0.15) is 17.3 Å². The third-order valence-corrected chi connectivity index (χ3v) is 4.10. The lowest BCUT2D eigenvalue weighted by atomic mass is 10.2. The molecule has 0 aliphatic heterocycles. The van der Waals surface area contributed by atoms with E-state index >= 15 is 0 Å². The van der Waals surface area contributed by atoms with Crippen LogP contribution in [-0.2, 0) is 16.6 Å². The van der Waals surface area contributed by atoms with Gasteiger partial charge in [0, 0.05) is 6.54 Å². The van der Waals surface area contributed by atoms with Gasteiger partial charge in [0.1, 0.15) is 5.82 Å². The molecule has 0 saturated carbocycles. The molecule has 1 heterocycles. The standard InChI is InChI=1S/C12H12FN3O4S/c1-2-16-11(5-6-14-16)21(19,20)15-10-4-3-8(12(17)18)7-9(10)13/h3-7,15H,2H2,1H3,(H,17,18). The van der Waals surface area contributed by atoms with E-state index in [0.29, 0.717) is 6.54 Å². The van der Waals surface area contributed by atoms with Crippen molar-refractivity contribution in [3.63, 3.8) is 0 Å². The highest BCUT2D eigenvalue weighted by atomic mass is 32.2. The molecule has 0 unspecified atom stereocenters. The Bertz CT molecular complexity index is 786. The molecule has 9 heteroatoms. The van der Waals surface area contributed by atoms with E-state index in [-0.39, 0.29) is 16.3 Å². The van der Waals surface area contributed by atoms with Gasteiger partial charge in [-0.25, -0.2) is 9.18 Å². The number of carboxylic acids is 1. The summed E-state index contributed by atoms with van der Waals surface area (Å²) < 4.78 is 41.4. The molecule has 1 aromatic heterocycles. The summed E-state index contributed by atoms with van der Waals surface area (Å²) in [6, 6.07) is 4.20. The molecule has 0 bridgehead atoms. The minimum Gasteiger partial charge on any atom is -0.478 e. The van der Waals surface area contributed by atoms with Crippen molar-refractivity contribution in [1.82, 2.24) is 9.78 Å². The van der Waals surface area contributed by atoms with Gasteiger partial charge >= 0.3 is 5.97 Å². The second-order valence-corrected chi connectivity index (χ2v) is 5.72. The van der Waals surface area contributed by atoms with Gasteiger partial charge in [-0.1, -0.05) is 0 Å². The van der Waals surface area contributed by atoms with Gasteiger partial charge in [0.15, 0.2) is 5.03 Å². The molecule has 2 N–H and O–H groups in total. The number of aromatic carboxylic acids is 1. The van der Waals surface area contributed by atoms with Gasteiger partial charge in [-0.15, -0.1) is 0 Å². The van der Waals surface area contributed by atoms with Crippen LogP contribution in [0.4, 0.5) is 10.1 Å². The first-order valence-electron chi connectivity index (χ1n) is 5.92. The summed E-state index contributed by atoms with van der Waals surface area (Å²) in [7, 11) is -4.01. The van der Waals surface area contributed by atoms with Gasteiger partial charge in [-0.05, 0) is 31.2 Å². The number of benzene rings is 1. The highest BCUT2D eigenvalue weighted by Gasteiger charge is 2.21. The molecule has 0 radical (unpaired) electrons. The maximum Gasteiger partial charge on any atom is 0.335 e. The molecule has 21 heavy (non-hydrogen) atoms. The molecule has 0 saturated heterocycles. The number of aromatic nitrogens is 2. The van der Waals surface area contributed by atoms with Crippen LogP contribution in [0.15, 0.2) is 35.5 Å². The van der Waals surface area contributed by atoms with Crippen molar-refractivity contribution in [1.29, 1.82) is 0 Å². The molecule has 0 atom stereocenters. The number of anilines is 1. The molecular weight excluding hydrogens is 301 g/mol. The van der Waals surface area contributed by atoms with E-state index in [0.717, 1.165) is 18.2 Å². The quantitative estimate of drug-likeness (QED) is 0.872. The Morgan fingerprint density at radius 3 is 2.71 bits per heavy atom. The van der Waals surface area contributed by atoms with E-state index in [1.807, 2.05) is 0 Å². The highest BCUT2D eigenvalue weighted by molar-refractivity contribution is 7.92. The van der Waals surface area contributed by atoms with Crippen LogP contribution < -0.4 is 4.72 Å². The van der Waals surface area contributed by atoms with Gasteiger partial charge < -0.3 is 5.11 Å². The van der Waals surface area contributed by atoms with E-state index in [1.54, 1.807) is 6.92 Å². The summed E-state index contributed by atoms with van der Waals surface area (Å²) in [4.78, 5) is 10.7. The molecule has 0 aliphatic rings. The van der Waals surface area contributed by atoms with Gasteiger partial charge in [0.25, 0.3) is 10.0 Å². The summed E-state index contributed by atoms with van der Waals surface area (Å²) in [6.45, 7) is 2.05. The van der Waals surface area contributed by atoms with Crippen molar-refractivity contribution in [3.8, 4) is 0 Å². The Morgan fingerprint density at radius 1 is 1.43 bits per heavy atom. The Balaban J connectivity index is 2.35. The van der Waals surface area contributed by atoms with E-state index in [4.69, 9.17) is 5.11 Å². The number of carboxylic acid groups (broad SMARTS) is 1. The normalized spacial score (nSPS) is 11.3. The predicted molar refractivity (Wildman–Crippen MR) is 72.1 cm³/mol. The fourth-order valence-electron chi connectivity index (χ4n) is 1.71. The third-order valence-electron chi connectivity index (χ3n) is 2.71. The molecule has 0 aliphatic carbocycles. The lowest BCUT2D eigenvalue weighted by Crippen LogP contribution is -2.18. The summed E-state index contributed by atoms with van der Waals surface area (Å²) in [5.74, 6) is -2.27. The van der Waals surface area contributed by atoms with Crippen molar-refractivity contribution < 1.29 is 22.7 Å². The first kappa shape index (κ1) is 15.0. The fourth-order valence-corrected chi connectivity index (χ4v) is 2.97. The number of rotatable bonds is 5. The van der Waals surface area contributed by atoms with Crippen LogP contribution in [-0.4, -0.2) is 29.3 Å². The highest BCUT2D eigenvalue weighted by Crippen LogP contribution is 2.20. The van der Waals surface area contributed by atoms with E-state index < -0.39 is 21.8 Å². The zero-order chi connectivity index (χ0) is 15.6. The first-order chi connectivity index (χ1) is 9.85. The number of sulfonamides is 1. The van der Waals surface area contributed by atoms with Crippen molar-refractivity contribution in [2.45, 2.75) is 18.5 Å². The van der Waals surface area contributed by atoms with Crippen molar-refractivity contribution in [3.05, 3.63) is 41.8 Å². The number of hydrogen-bond donors (Lipinski definition) is 2. The fraction of sp³-hybridized carbons (Fsp3) is 0.167. The van der Waals surface area contributed by atoms with E-state index in [2.05, 4.69) is 9.82 Å². The van der Waals surface area contributed by atoms with Crippen molar-refractivity contribution in [2.75, 3.05) is 4.72 Å². The van der Waals surface area contributed by atoms with Gasteiger partial charge in [0.05, 0.1) is 17.4 Å². The summed E-state index contributed by atoms with van der Waals surface area (Å²) in [5, 5.41) is 12.5. The lowest BCUT2D eigenvalue weighted by molar-refractivity contribution is 0.0696. The van der Waals surface area contributed by atoms with Gasteiger partial charge in [0.2, 0.25) is 0 Å². The average Bonchev–Trinajstić information content (AvgIpc) is 2.90. The van der Waals surface area contributed by atoms with Gasteiger partial charge in [-0.2, -0.15) is 13.5 Å². The van der Waals surface area contributed by atoms with Gasteiger partial charge in [-0.3, -0.25) is 9.40 Å². The molecule has 2 rings (SSSR count). The van der Waals surface area contributed by atoms with Crippen LogP contribution in [0, 0.1) is 5.82 Å². The van der Waals surface area contributed by atoms with Crippen molar-refractivity contribution in [2.24, 2.45) is 0 Å². The molecule has 112 valence electrons. The molecule has 0 fully saturated rings. The minimum absolute atomic E-state index is 0.105. The molecular formula is C12H12FN3O4S. The Labute approximate surface area is 120 Å². The zero-order valence-electron chi connectivity index (χ0n) is 10.9. The van der Waals surface area contributed by atoms with Crippen LogP contribution >= 0.6 is 0 Å². The lowest BCUT2D eigenvalue weighted by Gasteiger charge is -2.10. The maximum atomic E-state index is 13.8. The largest absolute Gasteiger partial charge is 0.478 e. The summed E-state index contributed by atoms with van der Waals surface area (Å²) in [6.07, 6.45) is 1.32. The topological polar surface area (TPSA) is 101 Å². The Hall–Kier alpha value is -2.42. The third kappa shape index (κ3) is 3.02. The molecule has 0 spiro atoms. The number of halogens is 1. The first-order valence-corrected chi connectivity index (χ1v) is 7.41. The van der Waals surface area contributed by atoms with Crippen LogP contribution in [0.25, 0.3) is 0 Å². The second kappa shape index (κ2) is 5.52. The number of carbonyl (C=O) groups is 1. The summed E-state index contributed by atoms with van der Waals surface area (Å²) >= 11 is 0. The van der Waals surface area contributed by atoms with E-state index in [9.17, 15) is 17.6 Å². The number of hydrogen-bond acceptors (Lipinski definition) is 4. The summed E-state index contributed by atoms with van der Waals surface area (Å²) in [5.41, 5.74) is -0.599. The molecule has 0 amide bonds. The minimum atomic E-state index is -4.01. The number of nitrogens with zero attached hydrogens (tertiary/aromatic N) is 2.